The zero-order valence-corrected chi connectivity index (χ0v) is 10.7. The van der Waals surface area contributed by atoms with Gasteiger partial charge < -0.3 is 5.32 Å². The first-order chi connectivity index (χ1) is 9.31. The molecule has 1 aliphatic carbocycles. The summed E-state index contributed by atoms with van der Waals surface area (Å²) in [5, 5.41) is 7.18. The lowest BCUT2D eigenvalue weighted by Crippen LogP contribution is -2.25. The average molecular weight is 255 g/mol. The highest BCUT2D eigenvalue weighted by atomic mass is 16.1. The second-order valence-corrected chi connectivity index (χ2v) is 5.07. The van der Waals surface area contributed by atoms with Crippen molar-refractivity contribution >= 4 is 5.91 Å². The first kappa shape index (κ1) is 12.0. The van der Waals surface area contributed by atoms with Gasteiger partial charge in [0.25, 0.3) is 5.91 Å². The van der Waals surface area contributed by atoms with Gasteiger partial charge in [0.05, 0.1) is 18.3 Å². The lowest BCUT2D eigenvalue weighted by Gasteiger charge is -2.02. The molecular formula is C15H17N3O. The molecule has 1 amide bonds. The van der Waals surface area contributed by atoms with Crippen molar-refractivity contribution in [2.24, 2.45) is 5.92 Å². The average Bonchev–Trinajstić information content (AvgIpc) is 3.16. The molecule has 4 heteroatoms. The second-order valence-electron chi connectivity index (χ2n) is 5.07. The molecular weight excluding hydrogens is 238 g/mol. The zero-order valence-electron chi connectivity index (χ0n) is 10.7. The fourth-order valence-electron chi connectivity index (χ4n) is 2.00. The van der Waals surface area contributed by atoms with E-state index in [2.05, 4.69) is 22.5 Å². The minimum atomic E-state index is -0.0220. The van der Waals surface area contributed by atoms with Gasteiger partial charge in [-0.2, -0.15) is 5.10 Å². The van der Waals surface area contributed by atoms with Crippen LogP contribution in [-0.4, -0.2) is 22.2 Å². The van der Waals surface area contributed by atoms with E-state index in [9.17, 15) is 4.79 Å². The van der Waals surface area contributed by atoms with Crippen LogP contribution in [0.4, 0.5) is 0 Å². The Bertz CT molecular complexity index is 558. The molecule has 0 bridgehead atoms. The summed E-state index contributed by atoms with van der Waals surface area (Å²) in [5.41, 5.74) is 1.81. The molecule has 98 valence electrons. The van der Waals surface area contributed by atoms with Crippen molar-refractivity contribution in [3.05, 3.63) is 53.9 Å². The number of carbonyl (C=O) groups excluding carboxylic acids is 1. The number of nitrogens with one attached hydrogen (secondary N) is 1. The number of nitrogens with zero attached hydrogens (tertiary/aromatic N) is 2. The highest BCUT2D eigenvalue weighted by Crippen LogP contribution is 2.27. The SMILES string of the molecule is O=C(NCC1CC1)c1cnn(Cc2ccccc2)c1. The number of rotatable bonds is 5. The third kappa shape index (κ3) is 3.22. The van der Waals surface area contributed by atoms with Crippen molar-refractivity contribution in [2.45, 2.75) is 19.4 Å². The maximum absolute atomic E-state index is 11.9. The number of benzene rings is 1. The molecule has 1 aromatic carbocycles. The van der Waals surface area contributed by atoms with Gasteiger partial charge in [0.15, 0.2) is 0 Å². The summed E-state index contributed by atoms with van der Waals surface area (Å²) in [6, 6.07) is 10.1. The third-order valence-electron chi connectivity index (χ3n) is 3.33. The lowest BCUT2D eigenvalue weighted by molar-refractivity contribution is 0.0951. The van der Waals surface area contributed by atoms with Crippen LogP contribution >= 0.6 is 0 Å². The Hall–Kier alpha value is -2.10. The van der Waals surface area contributed by atoms with E-state index in [1.165, 1.54) is 18.4 Å². The summed E-state index contributed by atoms with van der Waals surface area (Å²) in [6.07, 6.45) is 5.92. The fourth-order valence-corrected chi connectivity index (χ4v) is 2.00. The summed E-state index contributed by atoms with van der Waals surface area (Å²) >= 11 is 0. The zero-order chi connectivity index (χ0) is 13.1. The Kier molecular flexibility index (Phi) is 3.31. The number of carbonyl (C=O) groups is 1. The quantitative estimate of drug-likeness (QED) is 0.889. The van der Waals surface area contributed by atoms with Crippen LogP contribution in [0.3, 0.4) is 0 Å². The van der Waals surface area contributed by atoms with Gasteiger partial charge in [-0.05, 0) is 24.3 Å². The van der Waals surface area contributed by atoms with Gasteiger partial charge in [0.1, 0.15) is 0 Å². The molecule has 1 aromatic heterocycles. The van der Waals surface area contributed by atoms with E-state index in [1.807, 2.05) is 18.2 Å². The summed E-state index contributed by atoms with van der Waals surface area (Å²) in [7, 11) is 0. The van der Waals surface area contributed by atoms with Crippen LogP contribution in [0.5, 0.6) is 0 Å². The highest BCUT2D eigenvalue weighted by molar-refractivity contribution is 5.93. The normalized spacial score (nSPS) is 14.3. The van der Waals surface area contributed by atoms with Gasteiger partial charge in [-0.25, -0.2) is 0 Å². The van der Waals surface area contributed by atoms with Gasteiger partial charge >= 0.3 is 0 Å². The second kappa shape index (κ2) is 5.26. The van der Waals surface area contributed by atoms with E-state index in [1.54, 1.807) is 17.1 Å². The Labute approximate surface area is 112 Å². The molecule has 0 unspecified atom stereocenters. The van der Waals surface area contributed by atoms with Crippen molar-refractivity contribution in [3.63, 3.8) is 0 Å². The van der Waals surface area contributed by atoms with E-state index < -0.39 is 0 Å². The first-order valence-electron chi connectivity index (χ1n) is 6.66. The number of amides is 1. The Morgan fingerprint density at radius 3 is 2.84 bits per heavy atom. The van der Waals surface area contributed by atoms with Crippen molar-refractivity contribution < 1.29 is 4.79 Å². The van der Waals surface area contributed by atoms with Crippen LogP contribution in [0, 0.1) is 5.92 Å². The van der Waals surface area contributed by atoms with E-state index in [0.717, 1.165) is 6.54 Å². The number of hydrogen-bond acceptors (Lipinski definition) is 2. The van der Waals surface area contributed by atoms with Gasteiger partial charge in [0, 0.05) is 12.7 Å². The van der Waals surface area contributed by atoms with Crippen molar-refractivity contribution in [1.29, 1.82) is 0 Å². The predicted molar refractivity (Wildman–Crippen MR) is 72.8 cm³/mol. The van der Waals surface area contributed by atoms with Crippen LogP contribution in [0.1, 0.15) is 28.8 Å². The van der Waals surface area contributed by atoms with Gasteiger partial charge in [-0.15, -0.1) is 0 Å². The summed E-state index contributed by atoms with van der Waals surface area (Å²) in [5.74, 6) is 0.675. The largest absolute Gasteiger partial charge is 0.352 e. The standard InChI is InChI=1S/C15H17N3O/c19-15(16-8-12-6-7-12)14-9-17-18(11-14)10-13-4-2-1-3-5-13/h1-5,9,11-12H,6-8,10H2,(H,16,19). The van der Waals surface area contributed by atoms with E-state index >= 15 is 0 Å². The van der Waals surface area contributed by atoms with E-state index in [-0.39, 0.29) is 5.91 Å². The molecule has 0 aliphatic heterocycles. The van der Waals surface area contributed by atoms with Gasteiger partial charge in [-0.1, -0.05) is 30.3 Å². The number of hydrogen-bond donors (Lipinski definition) is 1. The van der Waals surface area contributed by atoms with Crippen LogP contribution < -0.4 is 5.32 Å². The van der Waals surface area contributed by atoms with Crippen molar-refractivity contribution in [1.82, 2.24) is 15.1 Å². The molecule has 0 radical (unpaired) electrons. The molecule has 1 aliphatic rings. The Balaban J connectivity index is 1.60. The fraction of sp³-hybridized carbons (Fsp3) is 0.333. The van der Waals surface area contributed by atoms with Gasteiger partial charge in [0.2, 0.25) is 0 Å². The van der Waals surface area contributed by atoms with Gasteiger partial charge in [-0.3, -0.25) is 9.48 Å². The first-order valence-corrected chi connectivity index (χ1v) is 6.66. The maximum Gasteiger partial charge on any atom is 0.254 e. The minimum Gasteiger partial charge on any atom is -0.352 e. The molecule has 3 rings (SSSR count). The molecule has 4 nitrogen and oxygen atoms in total. The van der Waals surface area contributed by atoms with Crippen LogP contribution in [0.2, 0.25) is 0 Å². The van der Waals surface area contributed by atoms with Crippen molar-refractivity contribution in [2.75, 3.05) is 6.54 Å². The molecule has 1 N–H and O–H groups in total. The molecule has 0 atom stereocenters. The number of aromatic nitrogens is 2. The molecule has 19 heavy (non-hydrogen) atoms. The highest BCUT2D eigenvalue weighted by Gasteiger charge is 2.22. The molecule has 0 saturated heterocycles. The third-order valence-corrected chi connectivity index (χ3v) is 3.33. The molecule has 1 heterocycles. The van der Waals surface area contributed by atoms with Crippen molar-refractivity contribution in [3.8, 4) is 0 Å². The topological polar surface area (TPSA) is 46.9 Å². The summed E-state index contributed by atoms with van der Waals surface area (Å²) < 4.78 is 1.79. The maximum atomic E-state index is 11.9. The smallest absolute Gasteiger partial charge is 0.254 e. The summed E-state index contributed by atoms with van der Waals surface area (Å²) in [4.78, 5) is 11.9. The summed E-state index contributed by atoms with van der Waals surface area (Å²) in [6.45, 7) is 1.49. The van der Waals surface area contributed by atoms with Crippen LogP contribution in [0.15, 0.2) is 42.7 Å². The lowest BCUT2D eigenvalue weighted by atomic mass is 10.2. The molecule has 1 fully saturated rings. The minimum absolute atomic E-state index is 0.0220. The molecule has 0 spiro atoms. The monoisotopic (exact) mass is 255 g/mol. The van der Waals surface area contributed by atoms with Crippen LogP contribution in [0.25, 0.3) is 0 Å². The predicted octanol–water partition coefficient (Wildman–Crippen LogP) is 2.07. The Morgan fingerprint density at radius 1 is 1.32 bits per heavy atom. The van der Waals surface area contributed by atoms with Crippen LogP contribution in [-0.2, 0) is 6.54 Å². The molecule has 2 aromatic rings. The Morgan fingerprint density at radius 2 is 2.11 bits per heavy atom. The van der Waals surface area contributed by atoms with E-state index in [0.29, 0.717) is 18.0 Å². The molecule has 1 saturated carbocycles. The van der Waals surface area contributed by atoms with E-state index in [4.69, 9.17) is 0 Å².